The molecular weight excluding hydrogens is 408 g/mol. The first kappa shape index (κ1) is 18.8. The van der Waals surface area contributed by atoms with E-state index >= 15 is 0 Å². The summed E-state index contributed by atoms with van der Waals surface area (Å²) in [5.74, 6) is -0.611. The van der Waals surface area contributed by atoms with Crippen LogP contribution in [0.5, 0.6) is 5.75 Å². The standard InChI is InChI=1S/C19H16Cl2FN3O3/c20-13-6-7-23-18(26)25(19(27)24(23)10-13)16-9-17(14(21)8-15(16)22)28-11-12-4-2-1-3-5-12/h1-5,8-9,13H,6-7,10-11H2. The average molecular weight is 424 g/mol. The van der Waals surface area contributed by atoms with Crippen LogP contribution in [0.3, 0.4) is 0 Å². The lowest BCUT2D eigenvalue weighted by molar-refractivity contribution is 0.306. The monoisotopic (exact) mass is 423 g/mol. The molecule has 0 saturated carbocycles. The summed E-state index contributed by atoms with van der Waals surface area (Å²) in [4.78, 5) is 25.4. The third-order valence-electron chi connectivity index (χ3n) is 4.62. The fourth-order valence-corrected chi connectivity index (χ4v) is 3.63. The van der Waals surface area contributed by atoms with Gasteiger partial charge in [0.1, 0.15) is 18.2 Å². The van der Waals surface area contributed by atoms with Crippen molar-refractivity contribution in [2.45, 2.75) is 31.5 Å². The highest BCUT2D eigenvalue weighted by Gasteiger charge is 2.25. The maximum absolute atomic E-state index is 14.6. The summed E-state index contributed by atoms with van der Waals surface area (Å²) in [5.41, 5.74) is -0.577. The molecule has 28 heavy (non-hydrogen) atoms. The molecule has 0 amide bonds. The molecule has 2 heterocycles. The van der Waals surface area contributed by atoms with Crippen LogP contribution in [0.1, 0.15) is 12.0 Å². The molecule has 146 valence electrons. The first-order valence-corrected chi connectivity index (χ1v) is 9.50. The molecule has 0 N–H and O–H groups in total. The van der Waals surface area contributed by atoms with Crippen LogP contribution in [-0.4, -0.2) is 19.3 Å². The van der Waals surface area contributed by atoms with Crippen molar-refractivity contribution in [2.75, 3.05) is 0 Å². The topological polar surface area (TPSA) is 58.2 Å². The van der Waals surface area contributed by atoms with Crippen LogP contribution in [0.25, 0.3) is 5.69 Å². The average Bonchev–Trinajstić information content (AvgIpc) is 2.92. The van der Waals surface area contributed by atoms with Gasteiger partial charge in [-0.2, -0.15) is 0 Å². The quantitative estimate of drug-likeness (QED) is 0.605. The Labute approximate surface area is 169 Å². The molecular formula is C19H16Cl2FN3O3. The molecule has 4 rings (SSSR count). The number of fused-ring (bicyclic) bond motifs is 1. The maximum atomic E-state index is 14.6. The summed E-state index contributed by atoms with van der Waals surface area (Å²) in [5, 5.41) is -0.206. The van der Waals surface area contributed by atoms with Gasteiger partial charge in [-0.25, -0.2) is 27.9 Å². The minimum atomic E-state index is -0.790. The normalized spacial score (nSPS) is 16.0. The van der Waals surface area contributed by atoms with Crippen molar-refractivity contribution in [3.05, 3.63) is 79.8 Å². The smallest absolute Gasteiger partial charge is 0.351 e. The Morgan fingerprint density at radius 1 is 1.11 bits per heavy atom. The summed E-state index contributed by atoms with van der Waals surface area (Å²) in [6, 6.07) is 11.7. The van der Waals surface area contributed by atoms with Gasteiger partial charge >= 0.3 is 11.4 Å². The summed E-state index contributed by atoms with van der Waals surface area (Å²) < 4.78 is 23.6. The van der Waals surface area contributed by atoms with Gasteiger partial charge in [-0.05, 0) is 18.1 Å². The van der Waals surface area contributed by atoms with Gasteiger partial charge in [0.25, 0.3) is 0 Å². The van der Waals surface area contributed by atoms with Crippen molar-refractivity contribution in [1.82, 2.24) is 13.9 Å². The second-order valence-electron chi connectivity index (χ2n) is 6.50. The number of benzene rings is 2. The number of ether oxygens (including phenoxy) is 1. The molecule has 0 spiro atoms. The van der Waals surface area contributed by atoms with E-state index in [0.717, 1.165) is 16.2 Å². The molecule has 0 saturated heterocycles. The molecule has 1 atom stereocenters. The molecule has 0 aliphatic carbocycles. The van der Waals surface area contributed by atoms with Gasteiger partial charge in [-0.1, -0.05) is 41.9 Å². The van der Waals surface area contributed by atoms with Crippen molar-refractivity contribution in [2.24, 2.45) is 0 Å². The molecule has 1 aliphatic heterocycles. The SMILES string of the molecule is O=c1n(-c2cc(OCc3ccccc3)c(Cl)cc2F)c(=O)n2n1CCC(Cl)C2. The highest BCUT2D eigenvalue weighted by Crippen LogP contribution is 2.29. The van der Waals surface area contributed by atoms with Gasteiger partial charge in [-0.3, -0.25) is 0 Å². The number of rotatable bonds is 4. The van der Waals surface area contributed by atoms with Crippen molar-refractivity contribution in [3.63, 3.8) is 0 Å². The van der Waals surface area contributed by atoms with E-state index in [0.29, 0.717) is 13.0 Å². The summed E-state index contributed by atoms with van der Waals surface area (Å²) in [6.45, 7) is 0.691. The summed E-state index contributed by atoms with van der Waals surface area (Å²) in [6.07, 6.45) is 0.555. The zero-order valence-electron chi connectivity index (χ0n) is 14.6. The number of hydrogen-bond donors (Lipinski definition) is 0. The third kappa shape index (κ3) is 3.36. The molecule has 0 fully saturated rings. The fraction of sp³-hybridized carbons (Fsp3) is 0.263. The molecule has 1 unspecified atom stereocenters. The van der Waals surface area contributed by atoms with E-state index in [1.54, 1.807) is 0 Å². The zero-order chi connectivity index (χ0) is 19.8. The minimum absolute atomic E-state index is 0.0510. The lowest BCUT2D eigenvalue weighted by Crippen LogP contribution is -2.35. The molecule has 1 aliphatic rings. The minimum Gasteiger partial charge on any atom is -0.487 e. The fourth-order valence-electron chi connectivity index (χ4n) is 3.20. The molecule has 3 aromatic rings. The van der Waals surface area contributed by atoms with Crippen molar-refractivity contribution in [3.8, 4) is 11.4 Å². The molecule has 0 radical (unpaired) electrons. The van der Waals surface area contributed by atoms with E-state index in [4.69, 9.17) is 27.9 Å². The van der Waals surface area contributed by atoms with Crippen LogP contribution in [-0.2, 0) is 19.7 Å². The van der Waals surface area contributed by atoms with E-state index in [1.807, 2.05) is 30.3 Å². The van der Waals surface area contributed by atoms with Gasteiger partial charge in [0.2, 0.25) is 0 Å². The van der Waals surface area contributed by atoms with Crippen LogP contribution in [0.4, 0.5) is 4.39 Å². The first-order valence-electron chi connectivity index (χ1n) is 8.68. The molecule has 6 nitrogen and oxygen atoms in total. The molecule has 0 bridgehead atoms. The Hall–Kier alpha value is -2.51. The van der Waals surface area contributed by atoms with Crippen LogP contribution in [0, 0.1) is 5.82 Å². The number of alkyl halides is 1. The van der Waals surface area contributed by atoms with Gasteiger partial charge in [0, 0.05) is 12.6 Å². The Kier molecular flexibility index (Phi) is 5.03. The van der Waals surface area contributed by atoms with Crippen molar-refractivity contribution in [1.29, 1.82) is 0 Å². The van der Waals surface area contributed by atoms with Gasteiger partial charge < -0.3 is 4.74 Å². The highest BCUT2D eigenvalue weighted by atomic mass is 35.5. The maximum Gasteiger partial charge on any atom is 0.351 e. The number of hydrogen-bond acceptors (Lipinski definition) is 3. The van der Waals surface area contributed by atoms with E-state index < -0.39 is 17.2 Å². The molecule has 9 heteroatoms. The lowest BCUT2D eigenvalue weighted by atomic mass is 10.2. The van der Waals surface area contributed by atoms with Crippen molar-refractivity contribution >= 4 is 23.2 Å². The number of nitrogens with zero attached hydrogens (tertiary/aromatic N) is 3. The summed E-state index contributed by atoms with van der Waals surface area (Å²) >= 11 is 12.2. The van der Waals surface area contributed by atoms with Crippen molar-refractivity contribution < 1.29 is 9.13 Å². The number of halogens is 3. The Bertz CT molecular complexity index is 1140. The lowest BCUT2D eigenvalue weighted by Gasteiger charge is -2.18. The van der Waals surface area contributed by atoms with Crippen LogP contribution >= 0.6 is 23.2 Å². The molecule has 1 aromatic heterocycles. The van der Waals surface area contributed by atoms with Gasteiger partial charge in [0.15, 0.2) is 0 Å². The Morgan fingerprint density at radius 2 is 1.82 bits per heavy atom. The first-order chi connectivity index (χ1) is 13.5. The van der Waals surface area contributed by atoms with Gasteiger partial charge in [0.05, 0.1) is 22.6 Å². The Morgan fingerprint density at radius 3 is 2.57 bits per heavy atom. The second-order valence-corrected chi connectivity index (χ2v) is 7.52. The van der Waals surface area contributed by atoms with E-state index in [-0.39, 0.29) is 35.0 Å². The van der Waals surface area contributed by atoms with Crippen LogP contribution in [0.15, 0.2) is 52.1 Å². The second kappa shape index (κ2) is 7.48. The largest absolute Gasteiger partial charge is 0.487 e. The Balaban J connectivity index is 1.75. The predicted octanol–water partition coefficient (Wildman–Crippen LogP) is 3.18. The van der Waals surface area contributed by atoms with E-state index in [9.17, 15) is 14.0 Å². The van der Waals surface area contributed by atoms with E-state index in [1.165, 1.54) is 15.4 Å². The van der Waals surface area contributed by atoms with E-state index in [2.05, 4.69) is 0 Å². The predicted molar refractivity (Wildman–Crippen MR) is 104 cm³/mol. The molecule has 2 aromatic carbocycles. The number of aromatic nitrogens is 3. The van der Waals surface area contributed by atoms with Crippen LogP contribution < -0.4 is 16.1 Å². The van der Waals surface area contributed by atoms with Gasteiger partial charge in [-0.15, -0.1) is 11.6 Å². The highest BCUT2D eigenvalue weighted by molar-refractivity contribution is 6.32. The zero-order valence-corrected chi connectivity index (χ0v) is 16.2. The van der Waals surface area contributed by atoms with Crippen LogP contribution in [0.2, 0.25) is 5.02 Å². The summed E-state index contributed by atoms with van der Waals surface area (Å²) in [7, 11) is 0. The third-order valence-corrected chi connectivity index (χ3v) is 5.27.